The lowest BCUT2D eigenvalue weighted by Gasteiger charge is -2.19. The zero-order valence-electron chi connectivity index (χ0n) is 14.1. The highest BCUT2D eigenvalue weighted by Gasteiger charge is 2.35. The molecule has 0 saturated heterocycles. The second kappa shape index (κ2) is 7.42. The topological polar surface area (TPSA) is 89.6 Å². The molecule has 1 aliphatic carbocycles. The molecule has 3 rings (SSSR count). The minimum atomic E-state index is -1.47. The summed E-state index contributed by atoms with van der Waals surface area (Å²) in [5.74, 6) is -1.51. The van der Waals surface area contributed by atoms with Crippen molar-refractivity contribution >= 4 is 11.9 Å². The molecule has 0 unspecified atom stereocenters. The van der Waals surface area contributed by atoms with Crippen LogP contribution in [0.4, 0.5) is 0 Å². The second-order valence-electron chi connectivity index (χ2n) is 6.25. The molecule has 5 nitrogen and oxygen atoms in total. The van der Waals surface area contributed by atoms with Gasteiger partial charge in [0.25, 0.3) is 0 Å². The number of ether oxygens (including phenoxy) is 1. The van der Waals surface area contributed by atoms with Gasteiger partial charge in [0, 0.05) is 18.4 Å². The van der Waals surface area contributed by atoms with Crippen molar-refractivity contribution in [3.63, 3.8) is 0 Å². The highest BCUT2D eigenvalue weighted by molar-refractivity contribution is 5.95. The summed E-state index contributed by atoms with van der Waals surface area (Å²) >= 11 is 0. The quantitative estimate of drug-likeness (QED) is 0.475. The first-order valence-corrected chi connectivity index (χ1v) is 8.31. The molecule has 2 aromatic carbocycles. The van der Waals surface area contributed by atoms with Crippen LogP contribution in [0.1, 0.15) is 23.5 Å². The third kappa shape index (κ3) is 3.19. The molecule has 2 aromatic rings. The molecule has 0 radical (unpaired) electrons. The number of hydrogen-bond donors (Lipinski definition) is 2. The van der Waals surface area contributed by atoms with Crippen molar-refractivity contribution in [2.75, 3.05) is 6.61 Å². The maximum Gasteiger partial charge on any atom is 0.322 e. The van der Waals surface area contributed by atoms with Crippen molar-refractivity contribution in [2.24, 2.45) is 11.7 Å². The van der Waals surface area contributed by atoms with Crippen molar-refractivity contribution in [2.45, 2.75) is 18.4 Å². The highest BCUT2D eigenvalue weighted by Crippen LogP contribution is 2.44. The van der Waals surface area contributed by atoms with Gasteiger partial charge in [0.05, 0.1) is 0 Å². The van der Waals surface area contributed by atoms with Crippen LogP contribution in [0.15, 0.2) is 48.5 Å². The Bertz CT molecular complexity index is 838. The molecule has 3 N–H and O–H groups in total. The molecule has 0 bridgehead atoms. The summed E-state index contributed by atoms with van der Waals surface area (Å²) in [4.78, 5) is 23.7. The Labute approximate surface area is 151 Å². The average molecular weight is 349 g/mol. The third-order valence-corrected chi connectivity index (χ3v) is 4.66. The molecule has 2 atom stereocenters. The minimum Gasteiger partial charge on any atom is -0.481 e. The molecule has 26 heavy (non-hydrogen) atoms. The highest BCUT2D eigenvalue weighted by atomic mass is 16.5. The molecule has 132 valence electrons. The molecule has 0 spiro atoms. The van der Waals surface area contributed by atoms with Crippen molar-refractivity contribution in [3.8, 4) is 23.5 Å². The SMILES string of the molecule is C#CC[C@@H](N)[C@@H](C(=O)O)C(=O)OCC1c2ccccc2-c2ccccc21. The van der Waals surface area contributed by atoms with E-state index in [9.17, 15) is 14.7 Å². The summed E-state index contributed by atoms with van der Waals surface area (Å²) in [5, 5.41) is 9.30. The number of rotatable bonds is 6. The monoisotopic (exact) mass is 349 g/mol. The van der Waals surface area contributed by atoms with E-state index in [1.54, 1.807) is 0 Å². The molecular weight excluding hydrogens is 330 g/mol. The number of fused-ring (bicyclic) bond motifs is 3. The Morgan fingerprint density at radius 3 is 2.15 bits per heavy atom. The standard InChI is InChI=1S/C21H19NO4/c1-2-7-18(22)19(20(23)24)21(25)26-12-17-15-10-5-3-8-13(15)14-9-4-6-11-16(14)17/h1,3-6,8-11,17-19H,7,12,22H2,(H,23,24)/t18-,19+/m1/s1. The lowest BCUT2D eigenvalue weighted by atomic mass is 9.97. The van der Waals surface area contributed by atoms with Gasteiger partial charge in [-0.15, -0.1) is 12.3 Å². The van der Waals surface area contributed by atoms with Crippen molar-refractivity contribution < 1.29 is 19.4 Å². The molecule has 0 saturated carbocycles. The van der Waals surface area contributed by atoms with Gasteiger partial charge in [-0.25, -0.2) is 0 Å². The fourth-order valence-corrected chi connectivity index (χ4v) is 3.41. The van der Waals surface area contributed by atoms with Gasteiger partial charge in [-0.2, -0.15) is 0 Å². The van der Waals surface area contributed by atoms with E-state index in [0.717, 1.165) is 22.3 Å². The molecule has 0 fully saturated rings. The molecule has 0 amide bonds. The van der Waals surface area contributed by atoms with E-state index in [0.29, 0.717) is 0 Å². The molecule has 1 aliphatic rings. The number of benzene rings is 2. The van der Waals surface area contributed by atoms with Crippen LogP contribution in [0.5, 0.6) is 0 Å². The normalized spacial score (nSPS) is 14.6. The Morgan fingerprint density at radius 2 is 1.65 bits per heavy atom. The fourth-order valence-electron chi connectivity index (χ4n) is 3.41. The number of carbonyl (C=O) groups excluding carboxylic acids is 1. The second-order valence-corrected chi connectivity index (χ2v) is 6.25. The smallest absolute Gasteiger partial charge is 0.322 e. The van der Waals surface area contributed by atoms with E-state index >= 15 is 0 Å². The predicted molar refractivity (Wildman–Crippen MR) is 97.2 cm³/mol. The van der Waals surface area contributed by atoms with Gasteiger partial charge < -0.3 is 15.6 Å². The zero-order chi connectivity index (χ0) is 18.7. The number of carboxylic acid groups (broad SMARTS) is 1. The summed E-state index contributed by atoms with van der Waals surface area (Å²) in [5.41, 5.74) is 10.1. The van der Waals surface area contributed by atoms with Crippen molar-refractivity contribution in [1.29, 1.82) is 0 Å². The summed E-state index contributed by atoms with van der Waals surface area (Å²) in [6.45, 7) is 0.0550. The van der Waals surface area contributed by atoms with E-state index in [2.05, 4.69) is 5.92 Å². The molecule has 5 heteroatoms. The van der Waals surface area contributed by atoms with Crippen LogP contribution in [-0.2, 0) is 14.3 Å². The average Bonchev–Trinajstić information content (AvgIpc) is 2.94. The summed E-state index contributed by atoms with van der Waals surface area (Å²) in [6, 6.07) is 14.8. The van der Waals surface area contributed by atoms with Gasteiger partial charge in [-0.1, -0.05) is 48.5 Å². The zero-order valence-corrected chi connectivity index (χ0v) is 14.1. The number of carboxylic acids is 1. The van der Waals surface area contributed by atoms with Crippen LogP contribution in [0, 0.1) is 18.3 Å². The first-order chi connectivity index (χ1) is 12.5. The van der Waals surface area contributed by atoms with Gasteiger partial charge in [-0.3, -0.25) is 9.59 Å². The molecule has 0 aliphatic heterocycles. The van der Waals surface area contributed by atoms with E-state index in [4.69, 9.17) is 16.9 Å². The maximum atomic E-state index is 12.3. The number of hydrogen-bond acceptors (Lipinski definition) is 4. The van der Waals surface area contributed by atoms with E-state index in [1.165, 1.54) is 0 Å². The number of terminal acetylenes is 1. The van der Waals surface area contributed by atoms with Crippen molar-refractivity contribution in [1.82, 2.24) is 0 Å². The lowest BCUT2D eigenvalue weighted by molar-refractivity contribution is -0.159. The third-order valence-electron chi connectivity index (χ3n) is 4.66. The Morgan fingerprint density at radius 1 is 1.12 bits per heavy atom. The van der Waals surface area contributed by atoms with Crippen LogP contribution < -0.4 is 5.73 Å². The predicted octanol–water partition coefficient (Wildman–Crippen LogP) is 2.39. The van der Waals surface area contributed by atoms with Gasteiger partial charge in [-0.05, 0) is 22.3 Å². The summed E-state index contributed by atoms with van der Waals surface area (Å²) < 4.78 is 5.36. The van der Waals surface area contributed by atoms with Crippen LogP contribution in [0.25, 0.3) is 11.1 Å². The summed E-state index contributed by atoms with van der Waals surface area (Å²) in [7, 11) is 0. The number of esters is 1. The number of carbonyl (C=O) groups is 2. The molecule has 0 aromatic heterocycles. The largest absolute Gasteiger partial charge is 0.481 e. The number of aliphatic carboxylic acids is 1. The maximum absolute atomic E-state index is 12.3. The van der Waals surface area contributed by atoms with Crippen LogP contribution in [-0.4, -0.2) is 29.7 Å². The first-order valence-electron chi connectivity index (χ1n) is 8.31. The van der Waals surface area contributed by atoms with Gasteiger partial charge >= 0.3 is 11.9 Å². The van der Waals surface area contributed by atoms with Crippen LogP contribution in [0.2, 0.25) is 0 Å². The molecular formula is C21H19NO4. The van der Waals surface area contributed by atoms with Crippen molar-refractivity contribution in [3.05, 3.63) is 59.7 Å². The summed E-state index contributed by atoms with van der Waals surface area (Å²) in [6.07, 6.45) is 5.16. The van der Waals surface area contributed by atoms with Crippen LogP contribution >= 0.6 is 0 Å². The van der Waals surface area contributed by atoms with Crippen LogP contribution in [0.3, 0.4) is 0 Å². The van der Waals surface area contributed by atoms with Gasteiger partial charge in [0.1, 0.15) is 6.61 Å². The van der Waals surface area contributed by atoms with E-state index in [-0.39, 0.29) is 18.9 Å². The lowest BCUT2D eigenvalue weighted by Crippen LogP contribution is -2.42. The minimum absolute atomic E-state index is 0.0127. The molecule has 0 heterocycles. The Hall–Kier alpha value is -3.10. The van der Waals surface area contributed by atoms with E-state index < -0.39 is 23.9 Å². The Balaban J connectivity index is 1.80. The number of nitrogens with two attached hydrogens (primary N) is 1. The van der Waals surface area contributed by atoms with Gasteiger partial charge in [0.15, 0.2) is 5.92 Å². The Kier molecular flexibility index (Phi) is 5.06. The fraction of sp³-hybridized carbons (Fsp3) is 0.238. The first kappa shape index (κ1) is 17.7. The van der Waals surface area contributed by atoms with E-state index in [1.807, 2.05) is 48.5 Å². The van der Waals surface area contributed by atoms with Gasteiger partial charge in [0.2, 0.25) is 0 Å².